The van der Waals surface area contributed by atoms with Crippen molar-refractivity contribution in [3.63, 3.8) is 0 Å². The smallest absolute Gasteiger partial charge is 0.271 e. The molecule has 0 bridgehead atoms. The molecule has 0 radical (unpaired) electrons. The zero-order valence-electron chi connectivity index (χ0n) is 15.0. The fraction of sp³-hybridized carbons (Fsp3) is 0.222. The van der Waals surface area contributed by atoms with E-state index in [1.807, 2.05) is 25.1 Å². The summed E-state index contributed by atoms with van der Waals surface area (Å²) in [6, 6.07) is 10.2. The molecule has 0 aliphatic heterocycles. The molecule has 3 rings (SSSR count). The largest absolute Gasteiger partial charge is 0.382 e. The van der Waals surface area contributed by atoms with Gasteiger partial charge >= 0.3 is 0 Å². The number of amides is 1. The van der Waals surface area contributed by atoms with Gasteiger partial charge in [-0.1, -0.05) is 29.4 Å². The van der Waals surface area contributed by atoms with Crippen LogP contribution in [0.3, 0.4) is 0 Å². The number of benzene rings is 2. The third-order valence-electron chi connectivity index (χ3n) is 3.88. The van der Waals surface area contributed by atoms with Crippen molar-refractivity contribution in [1.29, 1.82) is 0 Å². The molecular formula is C18H18ClN5O3S. The molecule has 0 aliphatic rings. The summed E-state index contributed by atoms with van der Waals surface area (Å²) in [7, 11) is 0. The van der Waals surface area contributed by atoms with Gasteiger partial charge in [-0.3, -0.25) is 14.9 Å². The van der Waals surface area contributed by atoms with Crippen molar-refractivity contribution in [2.75, 3.05) is 24.2 Å². The highest BCUT2D eigenvalue weighted by atomic mass is 35.5. The Hall–Kier alpha value is -2.78. The number of fused-ring (bicyclic) bond motifs is 1. The number of rotatable bonds is 8. The molecule has 0 atom stereocenters. The molecule has 0 saturated carbocycles. The molecule has 10 heteroatoms. The van der Waals surface area contributed by atoms with E-state index < -0.39 is 4.92 Å². The van der Waals surface area contributed by atoms with Gasteiger partial charge in [0.05, 0.1) is 32.4 Å². The molecule has 0 spiro atoms. The van der Waals surface area contributed by atoms with Crippen molar-refractivity contribution in [3.8, 4) is 0 Å². The Balaban J connectivity index is 1.41. The van der Waals surface area contributed by atoms with Crippen LogP contribution in [0.25, 0.3) is 11.0 Å². The van der Waals surface area contributed by atoms with Gasteiger partial charge < -0.3 is 15.6 Å². The molecule has 1 amide bonds. The minimum absolute atomic E-state index is 0.0679. The van der Waals surface area contributed by atoms with Crippen molar-refractivity contribution in [1.82, 2.24) is 15.3 Å². The Bertz CT molecular complexity index is 1020. The number of nitrogens with one attached hydrogen (secondary N) is 3. The molecular weight excluding hydrogens is 402 g/mol. The van der Waals surface area contributed by atoms with Crippen LogP contribution in [0.2, 0.25) is 5.02 Å². The number of nitro groups is 1. The first-order valence-corrected chi connectivity index (χ1v) is 9.82. The number of halogens is 1. The molecule has 8 nitrogen and oxygen atoms in total. The van der Waals surface area contributed by atoms with E-state index in [0.717, 1.165) is 16.6 Å². The van der Waals surface area contributed by atoms with E-state index >= 15 is 0 Å². The molecule has 0 saturated heterocycles. The van der Waals surface area contributed by atoms with E-state index in [1.54, 1.807) is 6.07 Å². The van der Waals surface area contributed by atoms with Crippen LogP contribution in [-0.4, -0.2) is 39.6 Å². The van der Waals surface area contributed by atoms with Crippen LogP contribution in [0.15, 0.2) is 41.6 Å². The van der Waals surface area contributed by atoms with E-state index in [4.69, 9.17) is 11.6 Å². The summed E-state index contributed by atoms with van der Waals surface area (Å²) in [6.07, 6.45) is 0. The molecule has 2 aromatic carbocycles. The Morgan fingerprint density at radius 1 is 1.29 bits per heavy atom. The summed E-state index contributed by atoms with van der Waals surface area (Å²) in [5.74, 6) is 0.134. The molecule has 146 valence electrons. The average molecular weight is 420 g/mol. The van der Waals surface area contributed by atoms with Gasteiger partial charge in [0.25, 0.3) is 5.69 Å². The van der Waals surface area contributed by atoms with Gasteiger partial charge in [0.2, 0.25) is 5.91 Å². The van der Waals surface area contributed by atoms with Crippen molar-refractivity contribution in [2.24, 2.45) is 0 Å². The second-order valence-electron chi connectivity index (χ2n) is 6.05. The number of carbonyl (C=O) groups is 1. The first-order valence-electron chi connectivity index (χ1n) is 8.46. The number of carbonyl (C=O) groups excluding carboxylic acids is 1. The lowest BCUT2D eigenvalue weighted by molar-refractivity contribution is -0.384. The number of nitrogens with zero attached hydrogens (tertiary/aromatic N) is 2. The highest BCUT2D eigenvalue weighted by Gasteiger charge is 2.10. The zero-order valence-corrected chi connectivity index (χ0v) is 16.6. The summed E-state index contributed by atoms with van der Waals surface area (Å²) in [5.41, 5.74) is 3.48. The van der Waals surface area contributed by atoms with Gasteiger partial charge in [-0.25, -0.2) is 4.98 Å². The number of non-ortho nitro benzene ring substituents is 1. The topological polar surface area (TPSA) is 113 Å². The predicted octanol–water partition coefficient (Wildman–Crippen LogP) is 3.75. The number of aryl methyl sites for hydroxylation is 1. The summed E-state index contributed by atoms with van der Waals surface area (Å²) < 4.78 is 0. The highest BCUT2D eigenvalue weighted by molar-refractivity contribution is 7.99. The van der Waals surface area contributed by atoms with E-state index in [-0.39, 0.29) is 22.4 Å². The maximum atomic E-state index is 12.0. The Labute approximate surface area is 170 Å². The quantitative estimate of drug-likeness (QED) is 0.222. The summed E-state index contributed by atoms with van der Waals surface area (Å²) in [4.78, 5) is 29.8. The van der Waals surface area contributed by atoms with Crippen LogP contribution in [-0.2, 0) is 4.79 Å². The van der Waals surface area contributed by atoms with E-state index in [1.165, 1.54) is 23.9 Å². The fourth-order valence-electron chi connectivity index (χ4n) is 2.51. The number of H-pyrrole nitrogens is 1. The molecule has 1 heterocycles. The number of aromatic nitrogens is 2. The van der Waals surface area contributed by atoms with E-state index in [9.17, 15) is 14.9 Å². The number of aromatic amines is 1. The van der Waals surface area contributed by atoms with Crippen LogP contribution >= 0.6 is 23.4 Å². The van der Waals surface area contributed by atoms with Crippen molar-refractivity contribution in [3.05, 3.63) is 57.1 Å². The Morgan fingerprint density at radius 3 is 2.86 bits per heavy atom. The average Bonchev–Trinajstić information content (AvgIpc) is 3.06. The third kappa shape index (κ3) is 5.14. The Kier molecular flexibility index (Phi) is 6.37. The van der Waals surface area contributed by atoms with Crippen LogP contribution in [0, 0.1) is 17.0 Å². The second-order valence-corrected chi connectivity index (χ2v) is 7.42. The normalized spacial score (nSPS) is 10.8. The van der Waals surface area contributed by atoms with E-state index in [2.05, 4.69) is 20.6 Å². The first kappa shape index (κ1) is 20.0. The second kappa shape index (κ2) is 8.94. The molecule has 0 fully saturated rings. The number of hydrogen-bond donors (Lipinski definition) is 3. The summed E-state index contributed by atoms with van der Waals surface area (Å²) in [5, 5.41) is 17.5. The lowest BCUT2D eigenvalue weighted by Gasteiger charge is -2.09. The number of hydrogen-bond acceptors (Lipinski definition) is 6. The van der Waals surface area contributed by atoms with Gasteiger partial charge in [-0.15, -0.1) is 0 Å². The number of imidazole rings is 1. The number of thioether (sulfide) groups is 1. The van der Waals surface area contributed by atoms with E-state index in [0.29, 0.717) is 23.9 Å². The molecule has 3 aromatic rings. The summed E-state index contributed by atoms with van der Waals surface area (Å²) in [6.45, 7) is 2.85. The van der Waals surface area contributed by atoms with Crippen molar-refractivity contribution >= 4 is 51.7 Å². The molecule has 3 N–H and O–H groups in total. The maximum absolute atomic E-state index is 12.0. The maximum Gasteiger partial charge on any atom is 0.271 e. The molecule has 28 heavy (non-hydrogen) atoms. The Morgan fingerprint density at radius 2 is 2.11 bits per heavy atom. The predicted molar refractivity (Wildman–Crippen MR) is 111 cm³/mol. The highest BCUT2D eigenvalue weighted by Crippen LogP contribution is 2.26. The fourth-order valence-corrected chi connectivity index (χ4v) is 3.47. The van der Waals surface area contributed by atoms with Gasteiger partial charge in [0.15, 0.2) is 5.16 Å². The lowest BCUT2D eigenvalue weighted by Crippen LogP contribution is -2.30. The molecule has 1 aromatic heterocycles. The molecule has 0 unspecified atom stereocenters. The van der Waals surface area contributed by atoms with Gasteiger partial charge in [0, 0.05) is 25.2 Å². The van der Waals surface area contributed by atoms with Crippen LogP contribution in [0.4, 0.5) is 11.4 Å². The summed E-state index contributed by atoms with van der Waals surface area (Å²) >= 11 is 7.34. The number of nitro benzene ring substituents is 1. The first-order chi connectivity index (χ1) is 13.4. The van der Waals surface area contributed by atoms with Crippen molar-refractivity contribution < 1.29 is 9.72 Å². The van der Waals surface area contributed by atoms with Crippen LogP contribution in [0.5, 0.6) is 0 Å². The van der Waals surface area contributed by atoms with Gasteiger partial charge in [-0.2, -0.15) is 0 Å². The third-order valence-corrected chi connectivity index (χ3v) is 5.07. The SMILES string of the molecule is Cc1ccc2nc(SCC(=O)NCCNc3ccc([N+](=O)[O-])cc3Cl)[nH]c2c1. The number of anilines is 1. The van der Waals surface area contributed by atoms with Crippen LogP contribution < -0.4 is 10.6 Å². The minimum atomic E-state index is -0.503. The van der Waals surface area contributed by atoms with Crippen LogP contribution in [0.1, 0.15) is 5.56 Å². The molecule has 0 aliphatic carbocycles. The van der Waals surface area contributed by atoms with Gasteiger partial charge in [0.1, 0.15) is 0 Å². The van der Waals surface area contributed by atoms with Crippen molar-refractivity contribution in [2.45, 2.75) is 12.1 Å². The monoisotopic (exact) mass is 419 g/mol. The minimum Gasteiger partial charge on any atom is -0.382 e. The lowest BCUT2D eigenvalue weighted by atomic mass is 10.2. The standard InChI is InChI=1S/C18H18ClN5O3S/c1-11-2-4-15-16(8-11)23-18(22-15)28-10-17(25)21-7-6-20-14-5-3-12(24(26)27)9-13(14)19/h2-5,8-9,20H,6-7,10H2,1H3,(H,21,25)(H,22,23). The van der Waals surface area contributed by atoms with Gasteiger partial charge in [-0.05, 0) is 30.7 Å². The zero-order chi connectivity index (χ0) is 20.1.